The van der Waals surface area contributed by atoms with Gasteiger partial charge in [0.15, 0.2) is 0 Å². The molecule has 0 saturated carbocycles. The van der Waals surface area contributed by atoms with Crippen LogP contribution in [0.3, 0.4) is 0 Å². The molecule has 3 rings (SSSR count). The Morgan fingerprint density at radius 1 is 1.18 bits per heavy atom. The van der Waals surface area contributed by atoms with Gasteiger partial charge in [-0.3, -0.25) is 4.79 Å². The first-order valence-electron chi connectivity index (χ1n) is 10.8. The highest BCUT2D eigenvalue weighted by Crippen LogP contribution is 2.19. The predicted molar refractivity (Wildman–Crippen MR) is 126 cm³/mol. The van der Waals surface area contributed by atoms with Crippen LogP contribution >= 0.6 is 11.8 Å². The molecule has 0 radical (unpaired) electrons. The molecule has 1 aliphatic heterocycles. The highest BCUT2D eigenvalue weighted by Gasteiger charge is 2.28. The summed E-state index contributed by atoms with van der Waals surface area (Å²) in [7, 11) is 0. The zero-order valence-corrected chi connectivity index (χ0v) is 19.1. The maximum atomic E-state index is 13.7. The molecule has 1 heterocycles. The SMILES string of the molecule is N#Cc1c(F)cccc1NCCCCC(NC(=O)OCc1ccccc1)C(=O)N1CCSC1. The van der Waals surface area contributed by atoms with Crippen molar-refractivity contribution < 1.29 is 18.7 Å². The quantitative estimate of drug-likeness (QED) is 0.508. The van der Waals surface area contributed by atoms with E-state index in [1.165, 1.54) is 6.07 Å². The molecule has 1 aliphatic rings. The maximum absolute atomic E-state index is 13.7. The Bertz CT molecular complexity index is 977. The first-order chi connectivity index (χ1) is 16.1. The van der Waals surface area contributed by atoms with Gasteiger partial charge in [-0.1, -0.05) is 36.4 Å². The first-order valence-corrected chi connectivity index (χ1v) is 12.0. The topological polar surface area (TPSA) is 94.5 Å². The number of carbonyl (C=O) groups is 2. The van der Waals surface area contributed by atoms with Crippen LogP contribution in [0.5, 0.6) is 0 Å². The minimum atomic E-state index is -0.671. The van der Waals surface area contributed by atoms with Gasteiger partial charge in [-0.15, -0.1) is 11.8 Å². The van der Waals surface area contributed by atoms with Crippen molar-refractivity contribution in [3.8, 4) is 6.07 Å². The van der Waals surface area contributed by atoms with Gasteiger partial charge in [-0.25, -0.2) is 9.18 Å². The van der Waals surface area contributed by atoms with Crippen molar-refractivity contribution in [1.82, 2.24) is 10.2 Å². The third-order valence-corrected chi connectivity index (χ3v) is 6.19. The van der Waals surface area contributed by atoms with Crippen LogP contribution in [0.15, 0.2) is 48.5 Å². The van der Waals surface area contributed by atoms with Crippen molar-refractivity contribution in [2.24, 2.45) is 0 Å². The number of hydrogen-bond acceptors (Lipinski definition) is 6. The number of thioether (sulfide) groups is 1. The summed E-state index contributed by atoms with van der Waals surface area (Å²) in [6.45, 7) is 1.31. The fourth-order valence-corrected chi connectivity index (χ4v) is 4.41. The van der Waals surface area contributed by atoms with E-state index in [1.807, 2.05) is 36.4 Å². The molecule has 7 nitrogen and oxygen atoms in total. The number of nitrogens with zero attached hydrogens (tertiary/aromatic N) is 2. The van der Waals surface area contributed by atoms with Gasteiger partial charge in [0.05, 0.1) is 11.6 Å². The summed E-state index contributed by atoms with van der Waals surface area (Å²) >= 11 is 1.68. The fourth-order valence-electron chi connectivity index (χ4n) is 3.45. The molecule has 0 aromatic heterocycles. The van der Waals surface area contributed by atoms with Crippen molar-refractivity contribution in [2.75, 3.05) is 30.0 Å². The summed E-state index contributed by atoms with van der Waals surface area (Å²) in [6.07, 6.45) is 1.16. The average Bonchev–Trinajstić information content (AvgIpc) is 3.37. The number of unbranched alkanes of at least 4 members (excludes halogenated alkanes) is 1. The van der Waals surface area contributed by atoms with Crippen molar-refractivity contribution in [1.29, 1.82) is 5.26 Å². The molecule has 1 unspecified atom stereocenters. The standard InChI is InChI=1S/C24H27FN4O3S/c25-20-9-6-11-21(19(20)15-26)27-12-5-4-10-22(23(30)29-13-14-33-17-29)28-24(31)32-16-18-7-2-1-3-8-18/h1-3,6-9,11,22,27H,4-5,10,12-14,16-17H2,(H,28,31). The average molecular weight is 471 g/mol. The van der Waals surface area contributed by atoms with Crippen LogP contribution in [0.4, 0.5) is 14.9 Å². The van der Waals surface area contributed by atoms with E-state index in [9.17, 15) is 14.0 Å². The minimum Gasteiger partial charge on any atom is -0.445 e. The molecule has 2 aromatic carbocycles. The zero-order chi connectivity index (χ0) is 23.5. The molecule has 2 aromatic rings. The van der Waals surface area contributed by atoms with Crippen molar-refractivity contribution in [2.45, 2.75) is 31.9 Å². The number of anilines is 1. The van der Waals surface area contributed by atoms with Gasteiger partial charge in [-0.05, 0) is 37.0 Å². The van der Waals surface area contributed by atoms with E-state index in [0.29, 0.717) is 43.9 Å². The largest absolute Gasteiger partial charge is 0.445 e. The van der Waals surface area contributed by atoms with Gasteiger partial charge in [-0.2, -0.15) is 5.26 Å². The molecule has 0 spiro atoms. The maximum Gasteiger partial charge on any atom is 0.408 e. The second-order valence-electron chi connectivity index (χ2n) is 7.59. The molecule has 9 heteroatoms. The number of amides is 2. The van der Waals surface area contributed by atoms with Crippen LogP contribution in [0.1, 0.15) is 30.4 Å². The molecular formula is C24H27FN4O3S. The number of ether oxygens (including phenoxy) is 1. The Kier molecular flexibility index (Phi) is 9.39. The van der Waals surface area contributed by atoms with E-state index in [-0.39, 0.29) is 18.1 Å². The van der Waals surface area contributed by atoms with Gasteiger partial charge in [0.1, 0.15) is 30.1 Å². The summed E-state index contributed by atoms with van der Waals surface area (Å²) in [4.78, 5) is 27.0. The molecule has 1 fully saturated rings. The third-order valence-electron chi connectivity index (χ3n) is 5.23. The second kappa shape index (κ2) is 12.7. The third kappa shape index (κ3) is 7.39. The number of halogens is 1. The lowest BCUT2D eigenvalue weighted by Gasteiger charge is -2.23. The van der Waals surface area contributed by atoms with E-state index in [1.54, 1.807) is 28.8 Å². The number of carbonyl (C=O) groups excluding carboxylic acids is 2. The number of benzene rings is 2. The predicted octanol–water partition coefficient (Wildman–Crippen LogP) is 4.11. The Morgan fingerprint density at radius 3 is 2.73 bits per heavy atom. The number of nitriles is 1. The van der Waals surface area contributed by atoms with Crippen LogP contribution in [-0.2, 0) is 16.1 Å². The summed E-state index contributed by atoms with van der Waals surface area (Å²) in [5.41, 5.74) is 1.30. The second-order valence-corrected chi connectivity index (χ2v) is 8.67. The van der Waals surface area contributed by atoms with Gasteiger partial charge in [0.25, 0.3) is 0 Å². The van der Waals surface area contributed by atoms with Crippen LogP contribution in [0.2, 0.25) is 0 Å². The molecule has 2 amide bonds. The molecule has 0 aliphatic carbocycles. The highest BCUT2D eigenvalue weighted by atomic mass is 32.2. The van der Waals surface area contributed by atoms with Crippen LogP contribution < -0.4 is 10.6 Å². The molecule has 1 saturated heterocycles. The van der Waals surface area contributed by atoms with Crippen molar-refractivity contribution >= 4 is 29.4 Å². The number of alkyl carbamates (subject to hydrolysis) is 1. The Morgan fingerprint density at radius 2 is 2.00 bits per heavy atom. The van der Waals surface area contributed by atoms with Gasteiger partial charge in [0.2, 0.25) is 5.91 Å². The Labute approximate surface area is 197 Å². The lowest BCUT2D eigenvalue weighted by molar-refractivity contribution is -0.132. The first kappa shape index (κ1) is 24.4. The summed E-state index contributed by atoms with van der Waals surface area (Å²) in [6, 6.07) is 15.0. The number of hydrogen-bond donors (Lipinski definition) is 2. The van der Waals surface area contributed by atoms with Crippen LogP contribution in [0, 0.1) is 17.1 Å². The molecule has 2 N–H and O–H groups in total. The van der Waals surface area contributed by atoms with E-state index >= 15 is 0 Å². The van der Waals surface area contributed by atoms with Crippen LogP contribution in [0.25, 0.3) is 0 Å². The monoisotopic (exact) mass is 470 g/mol. The van der Waals surface area contributed by atoms with E-state index in [4.69, 9.17) is 10.00 Å². The van der Waals surface area contributed by atoms with Crippen LogP contribution in [-0.4, -0.2) is 47.7 Å². The van der Waals surface area contributed by atoms with Crippen molar-refractivity contribution in [3.63, 3.8) is 0 Å². The summed E-state index contributed by atoms with van der Waals surface area (Å²) in [5, 5.41) is 14.9. The summed E-state index contributed by atoms with van der Waals surface area (Å²) in [5.74, 6) is 0.834. The van der Waals surface area contributed by atoms with E-state index in [0.717, 1.165) is 11.3 Å². The smallest absolute Gasteiger partial charge is 0.408 e. The van der Waals surface area contributed by atoms with E-state index in [2.05, 4.69) is 10.6 Å². The zero-order valence-electron chi connectivity index (χ0n) is 18.3. The normalized spacial score (nSPS) is 13.8. The summed E-state index contributed by atoms with van der Waals surface area (Å²) < 4.78 is 19.0. The molecular weight excluding hydrogens is 443 g/mol. The lowest BCUT2D eigenvalue weighted by Crippen LogP contribution is -2.47. The number of rotatable bonds is 10. The Hall–Kier alpha value is -3.25. The fraction of sp³-hybridized carbons (Fsp3) is 0.375. The van der Waals surface area contributed by atoms with Gasteiger partial charge in [0, 0.05) is 18.8 Å². The van der Waals surface area contributed by atoms with Gasteiger partial charge < -0.3 is 20.3 Å². The molecule has 0 bridgehead atoms. The van der Waals surface area contributed by atoms with Crippen molar-refractivity contribution in [3.05, 3.63) is 65.5 Å². The number of nitrogens with one attached hydrogen (secondary N) is 2. The Balaban J connectivity index is 1.49. The molecule has 33 heavy (non-hydrogen) atoms. The van der Waals surface area contributed by atoms with E-state index < -0.39 is 18.0 Å². The molecule has 1 atom stereocenters. The minimum absolute atomic E-state index is 0.0140. The molecule has 174 valence electrons. The highest BCUT2D eigenvalue weighted by molar-refractivity contribution is 7.99. The van der Waals surface area contributed by atoms with Gasteiger partial charge >= 0.3 is 6.09 Å². The lowest BCUT2D eigenvalue weighted by atomic mass is 10.1.